The summed E-state index contributed by atoms with van der Waals surface area (Å²) in [5.41, 5.74) is 6.35. The average Bonchev–Trinajstić information content (AvgIpc) is 3.49. The van der Waals surface area contributed by atoms with Gasteiger partial charge in [0.1, 0.15) is 18.2 Å². The molecule has 1 amide bonds. The Morgan fingerprint density at radius 3 is 2.31 bits per heavy atom. The van der Waals surface area contributed by atoms with E-state index in [2.05, 4.69) is 46.0 Å². The van der Waals surface area contributed by atoms with E-state index in [1.807, 2.05) is 89.8 Å². The molecule has 1 saturated heterocycles. The number of anilines is 1. The topological polar surface area (TPSA) is 37.7 Å². The second kappa shape index (κ2) is 14.4. The third kappa shape index (κ3) is 7.24. The van der Waals surface area contributed by atoms with Gasteiger partial charge in [-0.15, -0.1) is 0 Å². The van der Waals surface area contributed by atoms with E-state index in [4.69, 9.17) is 16.3 Å². The Morgan fingerprint density at radius 1 is 0.771 bits per heavy atom. The highest BCUT2D eigenvalue weighted by atomic mass is 35.5. The molecule has 2 heterocycles. The number of amides is 1. The third-order valence-electron chi connectivity index (χ3n) is 9.15. The maximum absolute atomic E-state index is 14.1. The van der Waals surface area contributed by atoms with Gasteiger partial charge in [0.15, 0.2) is 0 Å². The van der Waals surface area contributed by atoms with E-state index in [0.29, 0.717) is 37.7 Å². The Kier molecular flexibility index (Phi) is 9.43. The predicted molar refractivity (Wildman–Crippen MR) is 191 cm³/mol. The molecular formula is C41H37ClFN3O2. The van der Waals surface area contributed by atoms with Crippen molar-refractivity contribution < 1.29 is 13.9 Å². The molecule has 5 aromatic carbocycles. The van der Waals surface area contributed by atoms with Crippen LogP contribution in [-0.2, 0) is 17.9 Å². The Balaban J connectivity index is 1.19. The SMILES string of the molecule is O=C(C[C@@H](c1cccc(OCc2ccccc2)c1)c1cn(Cc2ccc(F)cc2)c2ccccc12)N1CCN(c2cccc(Cl)c2)CC1. The first kappa shape index (κ1) is 31.5. The van der Waals surface area contributed by atoms with Crippen molar-refractivity contribution in [3.63, 3.8) is 0 Å². The number of hydrogen-bond donors (Lipinski definition) is 0. The Morgan fingerprint density at radius 2 is 1.52 bits per heavy atom. The summed E-state index contributed by atoms with van der Waals surface area (Å²) in [4.78, 5) is 18.4. The van der Waals surface area contributed by atoms with Gasteiger partial charge in [-0.3, -0.25) is 4.79 Å². The molecule has 0 radical (unpaired) electrons. The molecule has 0 aliphatic carbocycles. The van der Waals surface area contributed by atoms with E-state index in [1.165, 1.54) is 12.1 Å². The molecule has 1 atom stereocenters. The molecule has 1 fully saturated rings. The molecule has 0 saturated carbocycles. The van der Waals surface area contributed by atoms with Gasteiger partial charge >= 0.3 is 0 Å². The molecule has 5 nitrogen and oxygen atoms in total. The normalized spacial score (nSPS) is 13.9. The van der Waals surface area contributed by atoms with Crippen LogP contribution in [0.4, 0.5) is 10.1 Å². The molecule has 1 aromatic heterocycles. The van der Waals surface area contributed by atoms with Gasteiger partial charge in [-0.2, -0.15) is 0 Å². The summed E-state index contributed by atoms with van der Waals surface area (Å²) < 4.78 is 22.1. The zero-order valence-electron chi connectivity index (χ0n) is 26.6. The summed E-state index contributed by atoms with van der Waals surface area (Å²) in [6.07, 6.45) is 2.49. The summed E-state index contributed by atoms with van der Waals surface area (Å²) >= 11 is 6.26. The number of ether oxygens (including phenoxy) is 1. The number of hydrogen-bond acceptors (Lipinski definition) is 3. The summed E-state index contributed by atoms with van der Waals surface area (Å²) in [6.45, 7) is 3.83. The van der Waals surface area contributed by atoms with Crippen LogP contribution in [0.25, 0.3) is 10.9 Å². The standard InChI is InChI=1S/C41H37ClFN3O2/c42-33-11-7-12-35(25-33)44-20-22-45(23-21-44)41(47)26-38(32-10-6-13-36(24-32)48-29-31-8-2-1-3-9-31)39-28-46(40-15-5-4-14-37(39)40)27-30-16-18-34(43)19-17-30/h1-19,24-25,28,38H,20-23,26-27,29H2/t38-/m0/s1. The number of benzene rings is 5. The van der Waals surface area contributed by atoms with E-state index < -0.39 is 0 Å². The highest BCUT2D eigenvalue weighted by Gasteiger charge is 2.28. The first-order valence-corrected chi connectivity index (χ1v) is 16.8. The van der Waals surface area contributed by atoms with Crippen LogP contribution in [-0.4, -0.2) is 41.6 Å². The van der Waals surface area contributed by atoms with Crippen molar-refractivity contribution in [1.82, 2.24) is 9.47 Å². The summed E-state index contributed by atoms with van der Waals surface area (Å²) in [7, 11) is 0. The molecule has 1 aliphatic heterocycles. The van der Waals surface area contributed by atoms with Crippen LogP contribution in [0.2, 0.25) is 5.02 Å². The van der Waals surface area contributed by atoms with E-state index in [9.17, 15) is 9.18 Å². The summed E-state index contributed by atoms with van der Waals surface area (Å²) in [5, 5.41) is 1.81. The third-order valence-corrected chi connectivity index (χ3v) is 9.39. The van der Waals surface area contributed by atoms with Crippen molar-refractivity contribution in [2.45, 2.75) is 25.5 Å². The van der Waals surface area contributed by atoms with Crippen LogP contribution in [0, 0.1) is 5.82 Å². The van der Waals surface area contributed by atoms with E-state index in [0.717, 1.165) is 57.7 Å². The molecule has 7 rings (SSSR count). The van der Waals surface area contributed by atoms with Gasteiger partial charge < -0.3 is 19.1 Å². The first-order chi connectivity index (χ1) is 23.5. The number of nitrogens with zero attached hydrogens (tertiary/aromatic N) is 3. The fourth-order valence-electron chi connectivity index (χ4n) is 6.63. The molecule has 0 spiro atoms. The van der Waals surface area contributed by atoms with Gasteiger partial charge in [-0.1, -0.05) is 90.5 Å². The lowest BCUT2D eigenvalue weighted by Crippen LogP contribution is -2.49. The maximum atomic E-state index is 14.1. The number of aromatic nitrogens is 1. The molecule has 242 valence electrons. The number of carbonyl (C=O) groups excluding carboxylic acids is 1. The lowest BCUT2D eigenvalue weighted by Gasteiger charge is -2.36. The largest absolute Gasteiger partial charge is 0.489 e. The minimum absolute atomic E-state index is 0.122. The zero-order valence-corrected chi connectivity index (χ0v) is 27.4. The molecule has 0 bridgehead atoms. The van der Waals surface area contributed by atoms with Gasteiger partial charge in [-0.25, -0.2) is 4.39 Å². The van der Waals surface area contributed by atoms with Gasteiger partial charge in [-0.05, 0) is 70.8 Å². The van der Waals surface area contributed by atoms with Crippen LogP contribution >= 0.6 is 11.6 Å². The molecule has 48 heavy (non-hydrogen) atoms. The number of halogens is 2. The van der Waals surface area contributed by atoms with Crippen molar-refractivity contribution >= 4 is 34.1 Å². The fourth-order valence-corrected chi connectivity index (χ4v) is 6.81. The predicted octanol–water partition coefficient (Wildman–Crippen LogP) is 8.93. The smallest absolute Gasteiger partial charge is 0.223 e. The quantitative estimate of drug-likeness (QED) is 0.148. The number of carbonyl (C=O) groups is 1. The van der Waals surface area contributed by atoms with Crippen LogP contribution in [0.15, 0.2) is 134 Å². The summed E-state index contributed by atoms with van der Waals surface area (Å²) in [5.74, 6) is 0.428. The monoisotopic (exact) mass is 657 g/mol. The van der Waals surface area contributed by atoms with Gasteiger partial charge in [0.2, 0.25) is 5.91 Å². The second-order valence-electron chi connectivity index (χ2n) is 12.3. The van der Waals surface area contributed by atoms with Crippen LogP contribution in [0.5, 0.6) is 5.75 Å². The molecule has 1 aliphatic rings. The summed E-state index contributed by atoms with van der Waals surface area (Å²) in [6, 6.07) is 41.1. The minimum atomic E-state index is -0.252. The van der Waals surface area contributed by atoms with Crippen molar-refractivity contribution in [2.75, 3.05) is 31.1 Å². The van der Waals surface area contributed by atoms with Gasteiger partial charge in [0.25, 0.3) is 0 Å². The Hall–Kier alpha value is -5.07. The number of fused-ring (bicyclic) bond motifs is 1. The van der Waals surface area contributed by atoms with Gasteiger partial charge in [0, 0.05) is 72.9 Å². The average molecular weight is 658 g/mol. The fraction of sp³-hybridized carbons (Fsp3) is 0.195. The second-order valence-corrected chi connectivity index (χ2v) is 12.7. The lowest BCUT2D eigenvalue weighted by atomic mass is 9.87. The number of piperazine rings is 1. The first-order valence-electron chi connectivity index (χ1n) is 16.4. The number of para-hydroxylation sites is 1. The van der Waals surface area contributed by atoms with Crippen LogP contribution in [0.1, 0.15) is 34.6 Å². The minimum Gasteiger partial charge on any atom is -0.489 e. The molecule has 0 unspecified atom stereocenters. The van der Waals surface area contributed by atoms with Crippen molar-refractivity contribution in [2.24, 2.45) is 0 Å². The zero-order chi connectivity index (χ0) is 32.9. The van der Waals surface area contributed by atoms with Crippen molar-refractivity contribution in [3.05, 3.63) is 167 Å². The maximum Gasteiger partial charge on any atom is 0.223 e. The van der Waals surface area contributed by atoms with Crippen LogP contribution < -0.4 is 9.64 Å². The van der Waals surface area contributed by atoms with E-state index >= 15 is 0 Å². The van der Waals surface area contributed by atoms with Crippen molar-refractivity contribution in [1.29, 1.82) is 0 Å². The molecule has 7 heteroatoms. The number of rotatable bonds is 10. The highest BCUT2D eigenvalue weighted by molar-refractivity contribution is 6.30. The Labute approximate surface area is 285 Å². The van der Waals surface area contributed by atoms with Crippen LogP contribution in [0.3, 0.4) is 0 Å². The highest BCUT2D eigenvalue weighted by Crippen LogP contribution is 2.37. The molecular weight excluding hydrogens is 621 g/mol. The van der Waals surface area contributed by atoms with E-state index in [1.54, 1.807) is 0 Å². The molecule has 6 aromatic rings. The van der Waals surface area contributed by atoms with Gasteiger partial charge in [0.05, 0.1) is 0 Å². The lowest BCUT2D eigenvalue weighted by molar-refractivity contribution is -0.131. The Bertz CT molecular complexity index is 2000. The van der Waals surface area contributed by atoms with E-state index in [-0.39, 0.29) is 17.6 Å². The van der Waals surface area contributed by atoms with Crippen molar-refractivity contribution in [3.8, 4) is 5.75 Å². The molecule has 0 N–H and O–H groups in total.